The Kier molecular flexibility index (Phi) is 7.12. The van der Waals surface area contributed by atoms with Gasteiger partial charge < -0.3 is 18.8 Å². The summed E-state index contributed by atoms with van der Waals surface area (Å²) < 4.78 is 18.4. The molecule has 0 spiro atoms. The first-order valence-electron chi connectivity index (χ1n) is 9.91. The number of esters is 1. The summed E-state index contributed by atoms with van der Waals surface area (Å²) in [7, 11) is 3.10. The highest BCUT2D eigenvalue weighted by atomic mass is 32.1. The zero-order valence-corrected chi connectivity index (χ0v) is 19.2. The van der Waals surface area contributed by atoms with Gasteiger partial charge in [0.1, 0.15) is 6.54 Å². The summed E-state index contributed by atoms with van der Waals surface area (Å²) in [5.41, 5.74) is 3.79. The van der Waals surface area contributed by atoms with Crippen molar-refractivity contribution < 1.29 is 23.8 Å². The van der Waals surface area contributed by atoms with Crippen LogP contribution < -0.4 is 14.3 Å². The Hall–Kier alpha value is -3.13. The first-order valence-corrected chi connectivity index (χ1v) is 10.7. The van der Waals surface area contributed by atoms with Gasteiger partial charge in [-0.3, -0.25) is 9.59 Å². The molecular weight excluding hydrogens is 416 g/mol. The number of rotatable bonds is 7. The number of ether oxygens (including phenoxy) is 3. The van der Waals surface area contributed by atoms with Gasteiger partial charge in [-0.25, -0.2) is 0 Å². The van der Waals surface area contributed by atoms with Crippen molar-refractivity contribution in [2.24, 2.45) is 4.99 Å². The van der Waals surface area contributed by atoms with Gasteiger partial charge in [0.05, 0.1) is 37.5 Å². The number of carbonyl (C=O) groups is 2. The van der Waals surface area contributed by atoms with Gasteiger partial charge in [-0.1, -0.05) is 35.1 Å². The third-order valence-corrected chi connectivity index (χ3v) is 5.89. The SMILES string of the molecule is CCOC(=O)Cn1c(=NC(=O)Cc2cc(C)ccc2C)sc2cc(OC)c(OC)cc21. The maximum absolute atomic E-state index is 12.8. The number of methoxy groups -OCH3 is 2. The second-order valence-electron chi connectivity index (χ2n) is 7.06. The van der Waals surface area contributed by atoms with Crippen LogP contribution >= 0.6 is 11.3 Å². The summed E-state index contributed by atoms with van der Waals surface area (Å²) >= 11 is 1.31. The first kappa shape index (κ1) is 22.6. The zero-order chi connectivity index (χ0) is 22.5. The van der Waals surface area contributed by atoms with Crippen LogP contribution in [0.2, 0.25) is 0 Å². The van der Waals surface area contributed by atoms with Crippen molar-refractivity contribution in [1.29, 1.82) is 0 Å². The lowest BCUT2D eigenvalue weighted by atomic mass is 10.0. The second-order valence-corrected chi connectivity index (χ2v) is 8.07. The second kappa shape index (κ2) is 9.78. The van der Waals surface area contributed by atoms with Crippen LogP contribution in [0.5, 0.6) is 11.5 Å². The van der Waals surface area contributed by atoms with E-state index in [9.17, 15) is 9.59 Å². The van der Waals surface area contributed by atoms with Gasteiger partial charge >= 0.3 is 5.97 Å². The van der Waals surface area contributed by atoms with Crippen molar-refractivity contribution in [3.05, 3.63) is 51.8 Å². The molecule has 0 radical (unpaired) electrons. The summed E-state index contributed by atoms with van der Waals surface area (Å²) in [5.74, 6) is 0.406. The van der Waals surface area contributed by atoms with Crippen molar-refractivity contribution >= 4 is 33.4 Å². The van der Waals surface area contributed by atoms with E-state index >= 15 is 0 Å². The smallest absolute Gasteiger partial charge is 0.326 e. The van der Waals surface area contributed by atoms with E-state index in [-0.39, 0.29) is 25.5 Å². The summed E-state index contributed by atoms with van der Waals surface area (Å²) in [4.78, 5) is 29.8. The molecule has 0 unspecified atom stereocenters. The molecule has 0 saturated heterocycles. The summed E-state index contributed by atoms with van der Waals surface area (Å²) in [6.45, 7) is 5.93. The van der Waals surface area contributed by atoms with E-state index in [2.05, 4.69) is 4.99 Å². The molecule has 3 aromatic rings. The van der Waals surface area contributed by atoms with E-state index in [0.29, 0.717) is 21.8 Å². The number of fused-ring (bicyclic) bond motifs is 1. The highest BCUT2D eigenvalue weighted by Crippen LogP contribution is 2.33. The van der Waals surface area contributed by atoms with Crippen molar-refractivity contribution in [2.45, 2.75) is 33.7 Å². The van der Waals surface area contributed by atoms with Crippen LogP contribution in [0.25, 0.3) is 10.2 Å². The third-order valence-electron chi connectivity index (χ3n) is 4.85. The molecule has 0 aliphatic rings. The average Bonchev–Trinajstić information content (AvgIpc) is 3.05. The maximum atomic E-state index is 12.8. The fraction of sp³-hybridized carbons (Fsp3) is 0.348. The largest absolute Gasteiger partial charge is 0.493 e. The molecule has 0 fully saturated rings. The van der Waals surface area contributed by atoms with E-state index in [0.717, 1.165) is 21.4 Å². The van der Waals surface area contributed by atoms with Gasteiger partial charge in [-0.05, 0) is 31.9 Å². The van der Waals surface area contributed by atoms with Crippen molar-refractivity contribution in [3.63, 3.8) is 0 Å². The summed E-state index contributed by atoms with van der Waals surface area (Å²) in [6.07, 6.45) is 0.188. The molecule has 1 heterocycles. The van der Waals surface area contributed by atoms with Crippen molar-refractivity contribution in [1.82, 2.24) is 4.57 Å². The highest BCUT2D eigenvalue weighted by molar-refractivity contribution is 7.16. The Morgan fingerprint density at radius 1 is 1.06 bits per heavy atom. The third kappa shape index (κ3) is 5.14. The molecule has 0 aliphatic heterocycles. The van der Waals surface area contributed by atoms with Gasteiger partial charge in [-0.2, -0.15) is 4.99 Å². The quantitative estimate of drug-likeness (QED) is 0.523. The number of aryl methyl sites for hydroxylation is 2. The molecule has 1 amide bonds. The molecular formula is C23H26N2O5S. The van der Waals surface area contributed by atoms with Gasteiger partial charge in [0.2, 0.25) is 0 Å². The van der Waals surface area contributed by atoms with Crippen LogP contribution in [0.15, 0.2) is 35.3 Å². The Balaban J connectivity index is 2.09. The minimum Gasteiger partial charge on any atom is -0.493 e. The molecule has 7 nitrogen and oxygen atoms in total. The standard InChI is InChI=1S/C23H26N2O5S/c1-6-30-22(27)13-25-17-11-18(28-4)19(29-5)12-20(17)31-23(25)24-21(26)10-16-9-14(2)7-8-15(16)3/h7-9,11-12H,6,10,13H2,1-5H3. The van der Waals surface area contributed by atoms with E-state index < -0.39 is 5.97 Å². The van der Waals surface area contributed by atoms with Gasteiger partial charge in [0, 0.05) is 12.1 Å². The Morgan fingerprint density at radius 2 is 1.77 bits per heavy atom. The Morgan fingerprint density at radius 3 is 2.45 bits per heavy atom. The Labute approximate surface area is 184 Å². The number of hydrogen-bond acceptors (Lipinski definition) is 6. The monoisotopic (exact) mass is 442 g/mol. The van der Waals surface area contributed by atoms with E-state index in [1.807, 2.05) is 38.1 Å². The van der Waals surface area contributed by atoms with E-state index in [4.69, 9.17) is 14.2 Å². The van der Waals surface area contributed by atoms with Crippen LogP contribution in [0, 0.1) is 13.8 Å². The summed E-state index contributed by atoms with van der Waals surface area (Å²) in [5, 5.41) is 0. The molecule has 0 saturated carbocycles. The van der Waals surface area contributed by atoms with E-state index in [1.165, 1.54) is 11.3 Å². The molecule has 0 bridgehead atoms. The predicted molar refractivity (Wildman–Crippen MR) is 120 cm³/mol. The lowest BCUT2D eigenvalue weighted by Gasteiger charge is -2.09. The summed E-state index contributed by atoms with van der Waals surface area (Å²) in [6, 6.07) is 9.60. The molecule has 1 aromatic heterocycles. The highest BCUT2D eigenvalue weighted by Gasteiger charge is 2.16. The Bertz CT molecular complexity index is 1190. The average molecular weight is 443 g/mol. The maximum Gasteiger partial charge on any atom is 0.326 e. The molecule has 31 heavy (non-hydrogen) atoms. The number of hydrogen-bond donors (Lipinski definition) is 0. The van der Waals surface area contributed by atoms with Crippen LogP contribution in [0.4, 0.5) is 0 Å². The topological polar surface area (TPSA) is 79.1 Å². The number of thiazole rings is 1. The van der Waals surface area contributed by atoms with Gasteiger partial charge in [0.15, 0.2) is 16.3 Å². The predicted octanol–water partition coefficient (Wildman–Crippen LogP) is 3.57. The lowest BCUT2D eigenvalue weighted by molar-refractivity contribution is -0.143. The fourth-order valence-corrected chi connectivity index (χ4v) is 4.33. The van der Waals surface area contributed by atoms with Gasteiger partial charge in [0.25, 0.3) is 5.91 Å². The van der Waals surface area contributed by atoms with E-state index in [1.54, 1.807) is 31.8 Å². The molecule has 2 aromatic carbocycles. The van der Waals surface area contributed by atoms with Crippen LogP contribution in [0.1, 0.15) is 23.6 Å². The molecule has 0 aliphatic carbocycles. The zero-order valence-electron chi connectivity index (χ0n) is 18.4. The minimum atomic E-state index is -0.402. The van der Waals surface area contributed by atoms with Crippen LogP contribution in [-0.2, 0) is 27.3 Å². The van der Waals surface area contributed by atoms with Crippen LogP contribution in [0.3, 0.4) is 0 Å². The number of benzene rings is 2. The number of amides is 1. The lowest BCUT2D eigenvalue weighted by Crippen LogP contribution is -2.23. The molecule has 0 atom stereocenters. The van der Waals surface area contributed by atoms with Gasteiger partial charge in [-0.15, -0.1) is 0 Å². The number of nitrogens with zero attached hydrogens (tertiary/aromatic N) is 2. The van der Waals surface area contributed by atoms with Crippen molar-refractivity contribution in [2.75, 3.05) is 20.8 Å². The normalized spacial score (nSPS) is 11.6. The number of aromatic nitrogens is 1. The molecule has 3 rings (SSSR count). The first-order chi connectivity index (χ1) is 14.9. The minimum absolute atomic E-state index is 0.0566. The number of carbonyl (C=O) groups excluding carboxylic acids is 2. The fourth-order valence-electron chi connectivity index (χ4n) is 3.27. The molecule has 164 valence electrons. The molecule has 0 N–H and O–H groups in total. The molecule has 8 heteroatoms. The van der Waals surface area contributed by atoms with Crippen molar-refractivity contribution in [3.8, 4) is 11.5 Å². The van der Waals surface area contributed by atoms with Crippen LogP contribution in [-0.4, -0.2) is 37.3 Å².